The van der Waals surface area contributed by atoms with E-state index in [2.05, 4.69) is 5.32 Å². The van der Waals surface area contributed by atoms with Crippen LogP contribution in [0.5, 0.6) is 0 Å². The molecule has 0 bridgehead atoms. The molecule has 0 spiro atoms. The number of aromatic nitrogens is 1. The van der Waals surface area contributed by atoms with Crippen LogP contribution in [-0.2, 0) is 11.8 Å². The third kappa shape index (κ3) is 2.68. The van der Waals surface area contributed by atoms with E-state index in [4.69, 9.17) is 0 Å². The van der Waals surface area contributed by atoms with Crippen LogP contribution in [-0.4, -0.2) is 10.5 Å². The van der Waals surface area contributed by atoms with Gasteiger partial charge in [0.1, 0.15) is 5.69 Å². The summed E-state index contributed by atoms with van der Waals surface area (Å²) in [7, 11) is 1.65. The van der Waals surface area contributed by atoms with Crippen LogP contribution in [0.25, 0.3) is 0 Å². The minimum Gasteiger partial charge on any atom is -0.321 e. The SMILES string of the molecule is Cn1cccc(NC(=O)C(C)(C)C)c1=O. The summed E-state index contributed by atoms with van der Waals surface area (Å²) in [5.41, 5.74) is -0.379. The van der Waals surface area contributed by atoms with Crippen molar-refractivity contribution in [1.29, 1.82) is 0 Å². The molecule has 1 aromatic heterocycles. The lowest BCUT2D eigenvalue weighted by Gasteiger charge is -2.17. The first-order valence-corrected chi connectivity index (χ1v) is 4.79. The number of aryl methyl sites for hydroxylation is 1. The second-order valence-electron chi connectivity index (χ2n) is 4.54. The van der Waals surface area contributed by atoms with E-state index in [0.29, 0.717) is 5.69 Å². The van der Waals surface area contributed by atoms with E-state index in [1.807, 2.05) is 0 Å². The number of hydrogen-bond acceptors (Lipinski definition) is 2. The monoisotopic (exact) mass is 208 g/mol. The zero-order valence-electron chi connectivity index (χ0n) is 9.50. The number of anilines is 1. The average Bonchev–Trinajstić information content (AvgIpc) is 2.11. The second kappa shape index (κ2) is 3.88. The van der Waals surface area contributed by atoms with Crippen molar-refractivity contribution in [3.8, 4) is 0 Å². The molecule has 4 heteroatoms. The van der Waals surface area contributed by atoms with Gasteiger partial charge in [0.15, 0.2) is 0 Å². The standard InChI is InChI=1S/C11H16N2O2/c1-11(2,3)10(15)12-8-6-5-7-13(4)9(8)14/h5-7H,1-4H3,(H,12,15). The Morgan fingerprint density at radius 3 is 2.53 bits per heavy atom. The number of carbonyl (C=O) groups excluding carboxylic acids is 1. The van der Waals surface area contributed by atoms with Crippen LogP contribution in [0.1, 0.15) is 20.8 Å². The summed E-state index contributed by atoms with van der Waals surface area (Å²) in [5, 5.41) is 2.62. The Hall–Kier alpha value is -1.58. The van der Waals surface area contributed by atoms with Crippen molar-refractivity contribution in [3.05, 3.63) is 28.7 Å². The fraction of sp³-hybridized carbons (Fsp3) is 0.455. The van der Waals surface area contributed by atoms with Gasteiger partial charge in [-0.25, -0.2) is 0 Å². The lowest BCUT2D eigenvalue weighted by molar-refractivity contribution is -0.123. The Kier molecular flexibility index (Phi) is 2.98. The number of nitrogens with one attached hydrogen (secondary N) is 1. The average molecular weight is 208 g/mol. The van der Waals surface area contributed by atoms with E-state index in [0.717, 1.165) is 0 Å². The van der Waals surface area contributed by atoms with Crippen molar-refractivity contribution >= 4 is 11.6 Å². The fourth-order valence-corrected chi connectivity index (χ4v) is 1.00. The molecular formula is C11H16N2O2. The molecule has 0 fully saturated rings. The first-order valence-electron chi connectivity index (χ1n) is 4.79. The van der Waals surface area contributed by atoms with Gasteiger partial charge in [0.25, 0.3) is 5.56 Å². The van der Waals surface area contributed by atoms with Crippen LogP contribution in [0.4, 0.5) is 5.69 Å². The van der Waals surface area contributed by atoms with Crippen LogP contribution in [0, 0.1) is 5.41 Å². The molecule has 0 aliphatic rings. The van der Waals surface area contributed by atoms with E-state index < -0.39 is 5.41 Å². The summed E-state index contributed by atoms with van der Waals surface area (Å²) in [4.78, 5) is 23.2. The van der Waals surface area contributed by atoms with E-state index >= 15 is 0 Å². The minimum atomic E-state index is -0.499. The van der Waals surface area contributed by atoms with Crippen molar-refractivity contribution < 1.29 is 4.79 Å². The number of rotatable bonds is 1. The van der Waals surface area contributed by atoms with E-state index in [1.165, 1.54) is 4.57 Å². The predicted molar refractivity (Wildman–Crippen MR) is 59.8 cm³/mol. The summed E-state index contributed by atoms with van der Waals surface area (Å²) in [6, 6.07) is 3.33. The molecule has 4 nitrogen and oxygen atoms in total. The van der Waals surface area contributed by atoms with E-state index in [1.54, 1.807) is 46.1 Å². The first-order chi connectivity index (χ1) is 6.82. The molecule has 0 saturated heterocycles. The van der Waals surface area contributed by atoms with Gasteiger partial charge in [-0.3, -0.25) is 9.59 Å². The van der Waals surface area contributed by atoms with Gasteiger partial charge in [-0.05, 0) is 12.1 Å². The van der Waals surface area contributed by atoms with Crippen LogP contribution >= 0.6 is 0 Å². The molecule has 1 rings (SSSR count). The molecule has 0 atom stereocenters. The molecule has 0 saturated carbocycles. The highest BCUT2D eigenvalue weighted by molar-refractivity contribution is 5.94. The summed E-state index contributed by atoms with van der Waals surface area (Å²) in [6.07, 6.45) is 1.65. The lowest BCUT2D eigenvalue weighted by Crippen LogP contribution is -2.31. The van der Waals surface area contributed by atoms with Gasteiger partial charge in [-0.2, -0.15) is 0 Å². The molecule has 0 aromatic carbocycles. The highest BCUT2D eigenvalue weighted by atomic mass is 16.2. The molecule has 1 aromatic rings. The second-order valence-corrected chi connectivity index (χ2v) is 4.54. The van der Waals surface area contributed by atoms with Gasteiger partial charge in [-0.15, -0.1) is 0 Å². The molecule has 0 aliphatic heterocycles. The largest absolute Gasteiger partial charge is 0.321 e. The zero-order valence-corrected chi connectivity index (χ0v) is 9.50. The van der Waals surface area contributed by atoms with E-state index in [9.17, 15) is 9.59 Å². The van der Waals surface area contributed by atoms with Crippen LogP contribution < -0.4 is 10.9 Å². The summed E-state index contributed by atoms with van der Waals surface area (Å²) in [6.45, 7) is 5.40. The topological polar surface area (TPSA) is 51.1 Å². The predicted octanol–water partition coefficient (Wildman–Crippen LogP) is 1.37. The third-order valence-electron chi connectivity index (χ3n) is 2.05. The highest BCUT2D eigenvalue weighted by Gasteiger charge is 2.21. The Labute approximate surface area is 88.9 Å². The Balaban J connectivity index is 2.97. The van der Waals surface area contributed by atoms with Gasteiger partial charge in [0.05, 0.1) is 0 Å². The van der Waals surface area contributed by atoms with Gasteiger partial charge in [0, 0.05) is 18.7 Å². The molecule has 15 heavy (non-hydrogen) atoms. The molecule has 0 unspecified atom stereocenters. The molecule has 1 heterocycles. The zero-order chi connectivity index (χ0) is 11.6. The van der Waals surface area contributed by atoms with Crippen LogP contribution in [0.15, 0.2) is 23.1 Å². The normalized spacial score (nSPS) is 11.2. The maximum absolute atomic E-state index is 11.6. The van der Waals surface area contributed by atoms with Gasteiger partial charge < -0.3 is 9.88 Å². The van der Waals surface area contributed by atoms with Crippen molar-refractivity contribution in [2.75, 3.05) is 5.32 Å². The molecule has 0 aliphatic carbocycles. The van der Waals surface area contributed by atoms with Crippen molar-refractivity contribution in [1.82, 2.24) is 4.57 Å². The number of hydrogen-bond donors (Lipinski definition) is 1. The lowest BCUT2D eigenvalue weighted by atomic mass is 9.95. The Bertz CT molecular complexity index is 427. The third-order valence-corrected chi connectivity index (χ3v) is 2.05. The summed E-state index contributed by atoms with van der Waals surface area (Å²) >= 11 is 0. The maximum atomic E-state index is 11.6. The van der Waals surface area contributed by atoms with Crippen molar-refractivity contribution in [2.45, 2.75) is 20.8 Å². The molecular weight excluding hydrogens is 192 g/mol. The Morgan fingerprint density at radius 1 is 1.40 bits per heavy atom. The van der Waals surface area contributed by atoms with E-state index in [-0.39, 0.29) is 11.5 Å². The van der Waals surface area contributed by atoms with Crippen LogP contribution in [0.2, 0.25) is 0 Å². The van der Waals surface area contributed by atoms with Crippen molar-refractivity contribution in [2.24, 2.45) is 12.5 Å². The number of amides is 1. The quantitative estimate of drug-likeness (QED) is 0.757. The van der Waals surface area contributed by atoms with Gasteiger partial charge in [-0.1, -0.05) is 20.8 Å². The van der Waals surface area contributed by atoms with Gasteiger partial charge >= 0.3 is 0 Å². The van der Waals surface area contributed by atoms with Crippen molar-refractivity contribution in [3.63, 3.8) is 0 Å². The van der Waals surface area contributed by atoms with Crippen LogP contribution in [0.3, 0.4) is 0 Å². The fourth-order valence-electron chi connectivity index (χ4n) is 1.00. The maximum Gasteiger partial charge on any atom is 0.274 e. The number of pyridine rings is 1. The first kappa shape index (κ1) is 11.5. The highest BCUT2D eigenvalue weighted by Crippen LogP contribution is 2.15. The molecule has 1 N–H and O–H groups in total. The number of nitrogens with zero attached hydrogens (tertiary/aromatic N) is 1. The molecule has 82 valence electrons. The summed E-state index contributed by atoms with van der Waals surface area (Å²) < 4.78 is 1.43. The molecule has 0 radical (unpaired) electrons. The molecule has 1 amide bonds. The summed E-state index contributed by atoms with van der Waals surface area (Å²) in [5.74, 6) is -0.161. The minimum absolute atomic E-state index is 0.161. The smallest absolute Gasteiger partial charge is 0.274 e. The Morgan fingerprint density at radius 2 is 2.00 bits per heavy atom. The van der Waals surface area contributed by atoms with Gasteiger partial charge in [0.2, 0.25) is 5.91 Å². The number of carbonyl (C=O) groups is 1.